The highest BCUT2D eigenvalue weighted by Gasteiger charge is 2.01. The Hall–Kier alpha value is 0.0700. The Morgan fingerprint density at radius 1 is 1.38 bits per heavy atom. The average molecular weight is 311 g/mol. The fraction of sp³-hybridized carbons (Fsp3) is 0.333. The van der Waals surface area contributed by atoms with Crippen LogP contribution in [0.5, 0.6) is 0 Å². The van der Waals surface area contributed by atoms with Crippen molar-refractivity contribution in [3.63, 3.8) is 0 Å². The van der Waals surface area contributed by atoms with Crippen molar-refractivity contribution in [2.24, 2.45) is 0 Å². The number of hydrogen-bond donors (Lipinski definition) is 1. The summed E-state index contributed by atoms with van der Waals surface area (Å²) in [6, 6.07) is 5.10. The van der Waals surface area contributed by atoms with Crippen molar-refractivity contribution in [1.29, 1.82) is 0 Å². The lowest BCUT2D eigenvalue weighted by Crippen LogP contribution is -2.16. The second-order valence-electron chi connectivity index (χ2n) is 2.60. The Morgan fingerprint density at radius 2 is 2.15 bits per heavy atom. The van der Waals surface area contributed by atoms with Crippen molar-refractivity contribution in [2.75, 3.05) is 11.9 Å². The molecule has 0 bridgehead atoms. The predicted molar refractivity (Wildman–Crippen MR) is 59.6 cm³/mol. The van der Waals surface area contributed by atoms with E-state index >= 15 is 0 Å². The fourth-order valence-corrected chi connectivity index (χ4v) is 1.57. The Labute approximate surface area is 94.0 Å². The normalized spacial score (nSPS) is 10.4. The molecule has 1 aromatic carbocycles. The molecule has 0 aliphatic heterocycles. The van der Waals surface area contributed by atoms with Gasteiger partial charge in [-0.3, -0.25) is 0 Å². The first-order valence-electron chi connectivity index (χ1n) is 3.94. The van der Waals surface area contributed by atoms with Crippen molar-refractivity contribution in [3.8, 4) is 0 Å². The number of benzene rings is 1. The Kier molecular flexibility index (Phi) is 4.91. The molecule has 0 heterocycles. The quantitative estimate of drug-likeness (QED) is 0.666. The summed E-state index contributed by atoms with van der Waals surface area (Å²) in [5.41, 5.74) is 0.698. The molecule has 0 saturated carbocycles. The second kappa shape index (κ2) is 5.73. The maximum atomic E-state index is 13.2. The van der Waals surface area contributed by atoms with Gasteiger partial charge < -0.3 is 5.32 Å². The first kappa shape index (κ1) is 11.1. The van der Waals surface area contributed by atoms with Gasteiger partial charge in [0.15, 0.2) is 0 Å². The molecule has 0 saturated heterocycles. The van der Waals surface area contributed by atoms with Crippen LogP contribution in [0, 0.1) is 5.82 Å². The summed E-state index contributed by atoms with van der Waals surface area (Å²) in [5.74, 6) is -0.170. The number of alkyl halides is 1. The summed E-state index contributed by atoms with van der Waals surface area (Å²) in [6.45, 7) is 1.42. The zero-order chi connectivity index (χ0) is 9.68. The second-order valence-corrected chi connectivity index (χ2v) is 4.31. The van der Waals surface area contributed by atoms with Crippen LogP contribution < -0.4 is 5.32 Å². The molecule has 72 valence electrons. The van der Waals surface area contributed by atoms with Gasteiger partial charge in [0.1, 0.15) is 5.82 Å². The molecule has 1 rings (SSSR count). The van der Waals surface area contributed by atoms with E-state index in [-0.39, 0.29) is 5.82 Å². The Morgan fingerprint density at radius 3 is 2.77 bits per heavy atom. The van der Waals surface area contributed by atoms with Crippen molar-refractivity contribution in [1.82, 2.24) is 5.32 Å². The molecule has 0 aliphatic carbocycles. The van der Waals surface area contributed by atoms with Crippen molar-refractivity contribution < 1.29 is 4.39 Å². The zero-order valence-corrected chi connectivity index (χ0v) is 10.2. The van der Waals surface area contributed by atoms with Gasteiger partial charge in [-0.15, -0.1) is 0 Å². The minimum absolute atomic E-state index is 0.170. The highest BCUT2D eigenvalue weighted by Crippen LogP contribution is 2.14. The first-order valence-corrected chi connectivity index (χ1v) is 5.86. The third kappa shape index (κ3) is 3.75. The van der Waals surface area contributed by atoms with Crippen LogP contribution in [0.1, 0.15) is 5.56 Å². The van der Waals surface area contributed by atoms with Gasteiger partial charge in [0.2, 0.25) is 0 Å². The molecule has 13 heavy (non-hydrogen) atoms. The lowest BCUT2D eigenvalue weighted by Gasteiger charge is -2.04. The summed E-state index contributed by atoms with van der Waals surface area (Å²) in [6.07, 6.45) is 0. The Bertz CT molecular complexity index is 278. The maximum absolute atomic E-state index is 13.2. The van der Waals surface area contributed by atoms with Crippen LogP contribution in [0.3, 0.4) is 0 Å². The van der Waals surface area contributed by atoms with Gasteiger partial charge in [-0.25, -0.2) is 4.39 Å². The summed E-state index contributed by atoms with van der Waals surface area (Å²) in [7, 11) is 0. The molecule has 0 aromatic heterocycles. The molecular formula is C9H10Br2FN. The summed E-state index contributed by atoms with van der Waals surface area (Å²) < 4.78 is 14.0. The molecular weight excluding hydrogens is 301 g/mol. The van der Waals surface area contributed by atoms with Crippen LogP contribution in [-0.2, 0) is 6.54 Å². The van der Waals surface area contributed by atoms with E-state index in [4.69, 9.17) is 0 Å². The predicted octanol–water partition coefficient (Wildman–Crippen LogP) is 3.07. The van der Waals surface area contributed by atoms with Crippen LogP contribution in [0.2, 0.25) is 0 Å². The smallest absolute Gasteiger partial charge is 0.128 e. The molecule has 4 heteroatoms. The van der Waals surface area contributed by atoms with Gasteiger partial charge in [0, 0.05) is 28.5 Å². The molecule has 1 N–H and O–H groups in total. The molecule has 1 aromatic rings. The summed E-state index contributed by atoms with van der Waals surface area (Å²) in [5, 5.41) is 3.99. The summed E-state index contributed by atoms with van der Waals surface area (Å²) in [4.78, 5) is 0. The van der Waals surface area contributed by atoms with Gasteiger partial charge in [0.05, 0.1) is 0 Å². The highest BCUT2D eigenvalue weighted by molar-refractivity contribution is 9.10. The average Bonchev–Trinajstić information content (AvgIpc) is 2.09. The van der Waals surface area contributed by atoms with Gasteiger partial charge in [-0.1, -0.05) is 37.9 Å². The van der Waals surface area contributed by atoms with Gasteiger partial charge in [-0.05, 0) is 12.1 Å². The monoisotopic (exact) mass is 309 g/mol. The minimum atomic E-state index is -0.170. The Balaban J connectivity index is 2.56. The highest BCUT2D eigenvalue weighted by atomic mass is 79.9. The summed E-state index contributed by atoms with van der Waals surface area (Å²) >= 11 is 6.50. The molecule has 0 spiro atoms. The van der Waals surface area contributed by atoms with E-state index in [9.17, 15) is 4.39 Å². The zero-order valence-electron chi connectivity index (χ0n) is 6.99. The van der Waals surface area contributed by atoms with E-state index < -0.39 is 0 Å². The van der Waals surface area contributed by atoms with Crippen LogP contribution in [0.4, 0.5) is 4.39 Å². The molecule has 1 nitrogen and oxygen atoms in total. The van der Waals surface area contributed by atoms with E-state index in [0.717, 1.165) is 16.3 Å². The standard InChI is InChI=1S/C9H10Br2FN/c10-3-4-13-6-7-1-2-8(11)5-9(7)12/h1-2,5,13H,3-4,6H2. The molecule has 0 unspecified atom stereocenters. The van der Waals surface area contributed by atoms with Crippen LogP contribution >= 0.6 is 31.9 Å². The third-order valence-electron chi connectivity index (χ3n) is 1.60. The number of hydrogen-bond acceptors (Lipinski definition) is 1. The van der Waals surface area contributed by atoms with Gasteiger partial charge in [0.25, 0.3) is 0 Å². The molecule has 0 fully saturated rings. The number of rotatable bonds is 4. The van der Waals surface area contributed by atoms with Gasteiger partial charge >= 0.3 is 0 Å². The lowest BCUT2D eigenvalue weighted by atomic mass is 10.2. The third-order valence-corrected chi connectivity index (χ3v) is 2.49. The minimum Gasteiger partial charge on any atom is -0.312 e. The molecule has 0 atom stereocenters. The topological polar surface area (TPSA) is 12.0 Å². The van der Waals surface area contributed by atoms with E-state index in [1.807, 2.05) is 6.07 Å². The van der Waals surface area contributed by atoms with E-state index in [0.29, 0.717) is 12.1 Å². The van der Waals surface area contributed by atoms with Crippen molar-refractivity contribution >= 4 is 31.9 Å². The SMILES string of the molecule is Fc1cc(Br)ccc1CNCCBr. The lowest BCUT2D eigenvalue weighted by molar-refractivity contribution is 0.593. The molecule has 0 amide bonds. The van der Waals surface area contributed by atoms with Crippen LogP contribution in [0.15, 0.2) is 22.7 Å². The van der Waals surface area contributed by atoms with E-state index in [1.54, 1.807) is 6.07 Å². The van der Waals surface area contributed by atoms with Crippen molar-refractivity contribution in [2.45, 2.75) is 6.54 Å². The molecule has 0 radical (unpaired) electrons. The van der Waals surface area contributed by atoms with E-state index in [1.165, 1.54) is 6.07 Å². The van der Waals surface area contributed by atoms with Gasteiger partial charge in [-0.2, -0.15) is 0 Å². The number of nitrogens with one attached hydrogen (secondary N) is 1. The van der Waals surface area contributed by atoms with Crippen molar-refractivity contribution in [3.05, 3.63) is 34.1 Å². The largest absolute Gasteiger partial charge is 0.312 e. The van der Waals surface area contributed by atoms with Crippen LogP contribution in [0.25, 0.3) is 0 Å². The van der Waals surface area contributed by atoms with E-state index in [2.05, 4.69) is 37.2 Å². The van der Waals surface area contributed by atoms with Crippen LogP contribution in [-0.4, -0.2) is 11.9 Å². The molecule has 0 aliphatic rings. The first-order chi connectivity index (χ1) is 6.24. The fourth-order valence-electron chi connectivity index (χ4n) is 0.955. The number of halogens is 3. The maximum Gasteiger partial charge on any atom is 0.128 e.